The SMILES string of the molecule is CC[C@H](C)[C@@H]1NC(=O)[C@H](CC(C)C)N(C)C(=O)C[C@@H](C(=O)N2CCCCC2)N(C)C(=O)[C@H](C(C)C)N(C)C(=O)C2(CCCC2)NC(=O)[C@@H]2CCCN2C(=O)[C@H](CCC2CCC(C(F)(F)F)C(Cl)C2)NC(=O)CN(C)C(=O)[C@H](CC2CCCCC2)N(C)C(=O)[C@@H]2CCN2C(=O)[C@@H]2CCCCN2C1=O. The van der Waals surface area contributed by atoms with Crippen LogP contribution in [0, 0.1) is 35.5 Å². The maximum Gasteiger partial charge on any atom is 0.393 e. The second kappa shape index (κ2) is 35.7. The fraction of sp³-hybridized carbons (Fsp3) is 0.838. The van der Waals surface area contributed by atoms with Gasteiger partial charge < -0.3 is 60.0 Å². The lowest BCUT2D eigenvalue weighted by atomic mass is 9.78. The molecule has 12 amide bonds. The normalized spacial score (nSPS) is 31.3. The number of likely N-dealkylation sites (tertiary alicyclic amines) is 1. The Balaban J connectivity index is 1.17. The Morgan fingerprint density at radius 1 is 0.569 bits per heavy atom. The van der Waals surface area contributed by atoms with Crippen LogP contribution in [0.3, 0.4) is 0 Å². The number of amides is 12. The quantitative estimate of drug-likeness (QED) is 0.184. The highest BCUT2D eigenvalue weighted by atomic mass is 35.5. The van der Waals surface area contributed by atoms with E-state index in [-0.39, 0.29) is 114 Å². The molecule has 5 aliphatic heterocycles. The Labute approximate surface area is 607 Å². The van der Waals surface area contributed by atoms with Gasteiger partial charge in [0.05, 0.1) is 18.9 Å². The number of hydrogen-bond acceptors (Lipinski definition) is 12. The van der Waals surface area contributed by atoms with Crippen molar-refractivity contribution < 1.29 is 70.7 Å². The van der Waals surface area contributed by atoms with E-state index in [9.17, 15) is 18.0 Å². The zero-order chi connectivity index (χ0) is 74.8. The van der Waals surface area contributed by atoms with Crippen LogP contribution in [0.4, 0.5) is 13.2 Å². The van der Waals surface area contributed by atoms with Crippen molar-refractivity contribution in [3.8, 4) is 0 Å². The first-order valence-corrected chi connectivity index (χ1v) is 38.8. The number of carbonyl (C=O) groups is 12. The maximum absolute atomic E-state index is 15.5. The van der Waals surface area contributed by atoms with Crippen LogP contribution in [0.1, 0.15) is 215 Å². The Bertz CT molecular complexity index is 3020. The van der Waals surface area contributed by atoms with E-state index >= 15 is 52.7 Å². The highest BCUT2D eigenvalue weighted by Crippen LogP contribution is 2.44. The van der Waals surface area contributed by atoms with E-state index in [4.69, 9.17) is 11.6 Å². The number of hydrogen-bond donors (Lipinski definition) is 3. The molecule has 0 radical (unpaired) electrons. The molecule has 3 aliphatic carbocycles. The van der Waals surface area contributed by atoms with Crippen molar-refractivity contribution >= 4 is 82.5 Å². The number of fused-ring (bicyclic) bond motifs is 3. The molecule has 5 saturated heterocycles. The van der Waals surface area contributed by atoms with Gasteiger partial charge in [-0.15, -0.1) is 11.6 Å². The van der Waals surface area contributed by atoms with E-state index in [0.717, 1.165) is 38.5 Å². The first-order valence-electron chi connectivity index (χ1n) is 38.4. The van der Waals surface area contributed by atoms with Crippen molar-refractivity contribution in [2.75, 3.05) is 74.5 Å². The Hall–Kier alpha value is -6.28. The van der Waals surface area contributed by atoms with E-state index in [1.54, 1.807) is 18.7 Å². The molecule has 8 fully saturated rings. The van der Waals surface area contributed by atoms with Gasteiger partial charge in [-0.25, -0.2) is 0 Å². The summed E-state index contributed by atoms with van der Waals surface area (Å²) in [5.74, 6) is -10.3. The molecule has 0 aromatic carbocycles. The van der Waals surface area contributed by atoms with Crippen LogP contribution in [0.2, 0.25) is 0 Å². The van der Waals surface area contributed by atoms with E-state index in [2.05, 4.69) is 16.0 Å². The third-order valence-corrected chi connectivity index (χ3v) is 24.5. The van der Waals surface area contributed by atoms with E-state index < -0.39 is 173 Å². The molecule has 3 saturated carbocycles. The van der Waals surface area contributed by atoms with Crippen LogP contribution in [0.5, 0.6) is 0 Å². The number of carbonyl (C=O) groups excluding carboxylic acids is 12. The molecule has 102 heavy (non-hydrogen) atoms. The van der Waals surface area contributed by atoms with Gasteiger partial charge in [0.1, 0.15) is 59.9 Å². The molecule has 28 heteroatoms. The zero-order valence-corrected chi connectivity index (χ0v) is 63.3. The van der Waals surface area contributed by atoms with Crippen LogP contribution < -0.4 is 16.0 Å². The molecule has 13 atom stereocenters. The molecule has 1 spiro atoms. The minimum absolute atomic E-state index is 0.00397. The molecule has 0 aromatic heterocycles. The van der Waals surface area contributed by atoms with Gasteiger partial charge >= 0.3 is 6.18 Å². The van der Waals surface area contributed by atoms with Gasteiger partial charge in [-0.2, -0.15) is 13.2 Å². The summed E-state index contributed by atoms with van der Waals surface area (Å²) in [5.41, 5.74) is -1.56. The van der Waals surface area contributed by atoms with Crippen molar-refractivity contribution in [1.29, 1.82) is 0 Å². The molecule has 574 valence electrons. The minimum Gasteiger partial charge on any atom is -0.343 e. The third-order valence-electron chi connectivity index (χ3n) is 24.1. The van der Waals surface area contributed by atoms with Crippen molar-refractivity contribution in [3.05, 3.63) is 0 Å². The highest BCUT2D eigenvalue weighted by Gasteiger charge is 2.53. The topological polar surface area (TPSA) is 270 Å². The fourth-order valence-corrected chi connectivity index (χ4v) is 18.0. The second-order valence-electron chi connectivity index (χ2n) is 32.0. The lowest BCUT2D eigenvalue weighted by Gasteiger charge is -2.47. The van der Waals surface area contributed by atoms with Crippen molar-refractivity contribution in [2.45, 2.75) is 286 Å². The number of halogens is 4. The summed E-state index contributed by atoms with van der Waals surface area (Å²) >= 11 is 6.42. The van der Waals surface area contributed by atoms with Gasteiger partial charge in [0.2, 0.25) is 70.9 Å². The van der Waals surface area contributed by atoms with Crippen LogP contribution in [0.15, 0.2) is 0 Å². The lowest BCUT2D eigenvalue weighted by Crippen LogP contribution is -2.66. The molecule has 3 N–H and O–H groups in total. The van der Waals surface area contributed by atoms with Crippen LogP contribution >= 0.6 is 11.6 Å². The minimum atomic E-state index is -4.51. The summed E-state index contributed by atoms with van der Waals surface area (Å²) in [4.78, 5) is 194. The predicted molar refractivity (Wildman–Crippen MR) is 377 cm³/mol. The van der Waals surface area contributed by atoms with E-state index in [1.165, 1.54) is 74.4 Å². The van der Waals surface area contributed by atoms with Gasteiger partial charge in [-0.1, -0.05) is 92.9 Å². The molecule has 8 aliphatic rings. The molecule has 8 rings (SSSR count). The third kappa shape index (κ3) is 19.0. The summed E-state index contributed by atoms with van der Waals surface area (Å²) < 4.78 is 42.1. The standard InChI is InChI=1S/C74H118ClF3N12O12/c1-12-47(6)61-70(100)89-37-22-17-26-54(89)69(99)90-39-32-55(90)67(97)84(9)57(42-48-24-15-13-16-25-48)66(96)82(7)44-59(91)79-52(31-29-49-28-30-50(51(75)41-49)74(76,77)78)65(95)88-38-23-27-53(88)64(94)81-73(33-18-19-34-73)72(102)86(11)62(46(4)5)71(101)85(10)58(68(98)87-35-20-14-21-36-87)43-60(92)83(8)56(40-45(2)3)63(93)80-61/h45-58,61-62H,12-44H2,1-11H3,(H,79,91)(H,80,93)(H,81,94)/t47-,49?,50?,51?,52-,53-,54-,55-,56-,57-,58-,61-,62-/m0/s1. The molecule has 3 unspecified atom stereocenters. The Kier molecular flexibility index (Phi) is 28.5. The fourth-order valence-electron chi connectivity index (χ4n) is 17.5. The van der Waals surface area contributed by atoms with Crippen LogP contribution in [-0.4, -0.2) is 261 Å². The first-order chi connectivity index (χ1) is 48.2. The van der Waals surface area contributed by atoms with Crippen molar-refractivity contribution in [3.63, 3.8) is 0 Å². The van der Waals surface area contributed by atoms with E-state index in [1.807, 2.05) is 27.7 Å². The van der Waals surface area contributed by atoms with Crippen molar-refractivity contribution in [2.24, 2.45) is 35.5 Å². The maximum atomic E-state index is 15.5. The van der Waals surface area contributed by atoms with Gasteiger partial charge in [0, 0.05) is 73.3 Å². The second-order valence-corrected chi connectivity index (χ2v) is 32.5. The molecule has 5 heterocycles. The van der Waals surface area contributed by atoms with E-state index in [0.29, 0.717) is 64.5 Å². The molecule has 24 nitrogen and oxygen atoms in total. The summed E-state index contributed by atoms with van der Waals surface area (Å²) in [6.45, 7) is 11.6. The number of alkyl halides is 4. The molecule has 0 bridgehead atoms. The predicted octanol–water partition coefficient (Wildman–Crippen LogP) is 6.63. The average molecular weight is 1460 g/mol. The van der Waals surface area contributed by atoms with Gasteiger partial charge in [0.15, 0.2) is 0 Å². The summed E-state index contributed by atoms with van der Waals surface area (Å²) in [6.07, 6.45) is 6.17. The average Bonchev–Trinajstić information content (AvgIpc) is 1.23. The Morgan fingerprint density at radius 2 is 1.17 bits per heavy atom. The van der Waals surface area contributed by atoms with Gasteiger partial charge in [-0.05, 0) is 145 Å². The van der Waals surface area contributed by atoms with Crippen LogP contribution in [-0.2, 0) is 57.5 Å². The molecular formula is C74H118ClF3N12O12. The van der Waals surface area contributed by atoms with Crippen LogP contribution in [0.25, 0.3) is 0 Å². The number of piperidine rings is 2. The summed E-state index contributed by atoms with van der Waals surface area (Å²) in [6, 6.07) is -10.6. The smallest absolute Gasteiger partial charge is 0.343 e. The monoisotopic (exact) mass is 1460 g/mol. The lowest BCUT2D eigenvalue weighted by molar-refractivity contribution is -0.182. The molecular weight excluding hydrogens is 1340 g/mol. The number of rotatable bonds is 11. The van der Waals surface area contributed by atoms with Crippen molar-refractivity contribution in [1.82, 2.24) is 60.0 Å². The number of likely N-dealkylation sites (N-methyl/N-ethyl adjacent to an activating group) is 5. The van der Waals surface area contributed by atoms with Gasteiger partial charge in [-0.3, -0.25) is 57.5 Å². The summed E-state index contributed by atoms with van der Waals surface area (Å²) in [5, 5.41) is 7.72. The largest absolute Gasteiger partial charge is 0.393 e. The van der Waals surface area contributed by atoms with Gasteiger partial charge in [0.25, 0.3) is 0 Å². The summed E-state index contributed by atoms with van der Waals surface area (Å²) in [7, 11) is 7.31. The molecule has 0 aromatic rings. The number of nitrogens with zero attached hydrogens (tertiary/aromatic N) is 9. The number of nitrogens with one attached hydrogen (secondary N) is 3. The Morgan fingerprint density at radius 3 is 1.77 bits per heavy atom. The first kappa shape index (κ1) is 81.4. The highest BCUT2D eigenvalue weighted by molar-refractivity contribution is 6.21. The zero-order valence-electron chi connectivity index (χ0n) is 62.5.